The molecule has 1 fully saturated rings. The van der Waals surface area contributed by atoms with Gasteiger partial charge in [-0.25, -0.2) is 0 Å². The van der Waals surface area contributed by atoms with Crippen molar-refractivity contribution < 1.29 is 9.59 Å². The smallest absolute Gasteiger partial charge is 0.241 e. The quantitative estimate of drug-likeness (QED) is 0.881. The van der Waals surface area contributed by atoms with Crippen molar-refractivity contribution in [3.63, 3.8) is 0 Å². The number of nitrogens with one attached hydrogen (secondary N) is 1. The number of benzene rings is 1. The average molecular weight is 344 g/mol. The molecule has 22 heavy (non-hydrogen) atoms. The van der Waals surface area contributed by atoms with Crippen molar-refractivity contribution in [2.75, 3.05) is 18.4 Å². The number of amides is 2. The molecule has 0 spiro atoms. The predicted octanol–water partition coefficient (Wildman–Crippen LogP) is 2.52. The van der Waals surface area contributed by atoms with Crippen molar-refractivity contribution >= 4 is 40.7 Å². The number of nitrogens with two attached hydrogens (primary N) is 1. The van der Waals surface area contributed by atoms with Gasteiger partial charge >= 0.3 is 0 Å². The monoisotopic (exact) mass is 343 g/mol. The maximum absolute atomic E-state index is 12.3. The average Bonchev–Trinajstić information content (AvgIpc) is 2.50. The standard InChI is InChI=1S/C15H19Cl2N3O2/c1-9(20-6-4-10(5-7-20)14(18)21)15(22)19-13-8-11(16)2-3-12(13)17/h2-3,8-10H,4-7H2,1H3,(H2,18,21)(H,19,22)/t9-/m1/s1. The number of piperidine rings is 1. The molecule has 1 saturated heterocycles. The maximum Gasteiger partial charge on any atom is 0.241 e. The Hall–Kier alpha value is -1.30. The number of carbonyl (C=O) groups is 2. The number of halogens is 2. The number of likely N-dealkylation sites (tertiary alicyclic amines) is 1. The molecule has 0 unspecified atom stereocenters. The van der Waals surface area contributed by atoms with Gasteiger partial charge in [0.05, 0.1) is 16.8 Å². The first kappa shape index (κ1) is 17.1. The van der Waals surface area contributed by atoms with E-state index in [1.54, 1.807) is 18.2 Å². The highest BCUT2D eigenvalue weighted by Gasteiger charge is 2.28. The second-order valence-corrected chi connectivity index (χ2v) is 6.35. The molecule has 2 rings (SSSR count). The van der Waals surface area contributed by atoms with Crippen molar-refractivity contribution in [3.8, 4) is 0 Å². The molecule has 1 heterocycles. The number of hydrogen-bond donors (Lipinski definition) is 2. The Balaban J connectivity index is 1.95. The third kappa shape index (κ3) is 4.12. The fourth-order valence-corrected chi connectivity index (χ4v) is 2.90. The molecule has 0 aromatic heterocycles. The fraction of sp³-hybridized carbons (Fsp3) is 0.467. The Bertz CT molecular complexity index is 572. The molecule has 120 valence electrons. The van der Waals surface area contributed by atoms with E-state index in [-0.39, 0.29) is 23.8 Å². The van der Waals surface area contributed by atoms with Crippen LogP contribution in [0, 0.1) is 5.92 Å². The summed E-state index contributed by atoms with van der Waals surface area (Å²) in [4.78, 5) is 25.6. The molecule has 2 amide bonds. The van der Waals surface area contributed by atoms with E-state index < -0.39 is 0 Å². The van der Waals surface area contributed by atoms with E-state index in [0.717, 1.165) is 0 Å². The minimum absolute atomic E-state index is 0.0890. The minimum Gasteiger partial charge on any atom is -0.369 e. The highest BCUT2D eigenvalue weighted by molar-refractivity contribution is 6.35. The van der Waals surface area contributed by atoms with Crippen LogP contribution in [0.4, 0.5) is 5.69 Å². The van der Waals surface area contributed by atoms with Crippen LogP contribution in [0.5, 0.6) is 0 Å². The number of hydrogen-bond acceptors (Lipinski definition) is 3. The van der Waals surface area contributed by atoms with Crippen LogP contribution in [0.3, 0.4) is 0 Å². The Morgan fingerprint density at radius 3 is 2.55 bits per heavy atom. The highest BCUT2D eigenvalue weighted by Crippen LogP contribution is 2.26. The van der Waals surface area contributed by atoms with E-state index >= 15 is 0 Å². The molecule has 0 radical (unpaired) electrons. The van der Waals surface area contributed by atoms with Gasteiger partial charge in [0.25, 0.3) is 0 Å². The summed E-state index contributed by atoms with van der Waals surface area (Å²) in [5.74, 6) is -0.502. The zero-order chi connectivity index (χ0) is 16.3. The number of nitrogens with zero attached hydrogens (tertiary/aromatic N) is 1. The molecule has 1 aliphatic heterocycles. The van der Waals surface area contributed by atoms with Crippen LogP contribution in [-0.2, 0) is 9.59 Å². The minimum atomic E-state index is -0.316. The molecule has 0 bridgehead atoms. The van der Waals surface area contributed by atoms with Gasteiger partial charge in [0.2, 0.25) is 11.8 Å². The molecule has 3 N–H and O–H groups in total. The zero-order valence-electron chi connectivity index (χ0n) is 12.3. The molecule has 1 atom stereocenters. The summed E-state index contributed by atoms with van der Waals surface area (Å²) < 4.78 is 0. The van der Waals surface area contributed by atoms with Crippen molar-refractivity contribution in [1.82, 2.24) is 4.90 Å². The third-order valence-corrected chi connectivity index (χ3v) is 4.61. The molecule has 5 nitrogen and oxygen atoms in total. The Morgan fingerprint density at radius 1 is 1.32 bits per heavy atom. The van der Waals surface area contributed by atoms with Gasteiger partial charge in [-0.2, -0.15) is 0 Å². The van der Waals surface area contributed by atoms with E-state index in [9.17, 15) is 9.59 Å². The van der Waals surface area contributed by atoms with Crippen LogP contribution in [0.25, 0.3) is 0 Å². The molecule has 0 aliphatic carbocycles. The van der Waals surface area contributed by atoms with Gasteiger partial charge in [-0.3, -0.25) is 14.5 Å². The summed E-state index contributed by atoms with van der Waals surface area (Å²) in [6.45, 7) is 3.18. The lowest BCUT2D eigenvalue weighted by molar-refractivity contribution is -0.124. The van der Waals surface area contributed by atoms with Gasteiger partial charge in [-0.15, -0.1) is 0 Å². The van der Waals surface area contributed by atoms with Gasteiger partial charge in [0.1, 0.15) is 0 Å². The van der Waals surface area contributed by atoms with Crippen LogP contribution in [0.15, 0.2) is 18.2 Å². The predicted molar refractivity (Wildman–Crippen MR) is 88.0 cm³/mol. The molecule has 7 heteroatoms. The van der Waals surface area contributed by atoms with E-state index in [4.69, 9.17) is 28.9 Å². The molecular formula is C15H19Cl2N3O2. The largest absolute Gasteiger partial charge is 0.369 e. The van der Waals surface area contributed by atoms with Gasteiger partial charge in [0.15, 0.2) is 0 Å². The maximum atomic E-state index is 12.3. The Kier molecular flexibility index (Phi) is 5.67. The van der Waals surface area contributed by atoms with Gasteiger partial charge in [-0.05, 0) is 51.1 Å². The molecule has 0 saturated carbocycles. The van der Waals surface area contributed by atoms with E-state index in [0.29, 0.717) is 41.7 Å². The van der Waals surface area contributed by atoms with E-state index in [2.05, 4.69) is 5.32 Å². The third-order valence-electron chi connectivity index (χ3n) is 4.05. The summed E-state index contributed by atoms with van der Waals surface area (Å²) in [6, 6.07) is 4.61. The molecule has 1 aromatic rings. The van der Waals surface area contributed by atoms with Crippen LogP contribution >= 0.6 is 23.2 Å². The zero-order valence-corrected chi connectivity index (χ0v) is 13.8. The van der Waals surface area contributed by atoms with Gasteiger partial charge in [-0.1, -0.05) is 23.2 Å². The molecule has 1 aromatic carbocycles. The number of carbonyl (C=O) groups excluding carboxylic acids is 2. The van der Waals surface area contributed by atoms with Crippen LogP contribution in [0.1, 0.15) is 19.8 Å². The molecule has 1 aliphatic rings. The first-order valence-corrected chi connectivity index (χ1v) is 7.93. The normalized spacial score (nSPS) is 18.0. The van der Waals surface area contributed by atoms with Crippen molar-refractivity contribution in [3.05, 3.63) is 28.2 Å². The van der Waals surface area contributed by atoms with E-state index in [1.165, 1.54) is 0 Å². The van der Waals surface area contributed by atoms with Gasteiger partial charge in [0, 0.05) is 10.9 Å². The highest BCUT2D eigenvalue weighted by atomic mass is 35.5. The first-order chi connectivity index (χ1) is 10.4. The lowest BCUT2D eigenvalue weighted by Crippen LogP contribution is -2.47. The summed E-state index contributed by atoms with van der Waals surface area (Å²) in [7, 11) is 0. The fourth-order valence-electron chi connectivity index (χ4n) is 2.57. The van der Waals surface area contributed by atoms with Crippen LogP contribution in [0.2, 0.25) is 10.0 Å². The first-order valence-electron chi connectivity index (χ1n) is 7.17. The Labute approximate surface area is 139 Å². The summed E-state index contributed by atoms with van der Waals surface area (Å²) in [5.41, 5.74) is 5.82. The van der Waals surface area contributed by atoms with Crippen molar-refractivity contribution in [2.45, 2.75) is 25.8 Å². The SMILES string of the molecule is C[C@H](C(=O)Nc1cc(Cl)ccc1Cl)N1CCC(C(N)=O)CC1. The second-order valence-electron chi connectivity index (χ2n) is 5.50. The topological polar surface area (TPSA) is 75.4 Å². The summed E-state index contributed by atoms with van der Waals surface area (Å²) in [6.07, 6.45) is 1.37. The second kappa shape index (κ2) is 7.31. The number of anilines is 1. The summed E-state index contributed by atoms with van der Waals surface area (Å²) >= 11 is 12.0. The molecular weight excluding hydrogens is 325 g/mol. The van der Waals surface area contributed by atoms with Crippen LogP contribution in [-0.4, -0.2) is 35.8 Å². The summed E-state index contributed by atoms with van der Waals surface area (Å²) in [5, 5.41) is 3.74. The lowest BCUT2D eigenvalue weighted by atomic mass is 9.95. The Morgan fingerprint density at radius 2 is 1.95 bits per heavy atom. The number of rotatable bonds is 4. The number of primary amides is 1. The van der Waals surface area contributed by atoms with Gasteiger partial charge < -0.3 is 11.1 Å². The lowest BCUT2D eigenvalue weighted by Gasteiger charge is -2.34. The van der Waals surface area contributed by atoms with E-state index in [1.807, 2.05) is 11.8 Å². The van der Waals surface area contributed by atoms with Crippen molar-refractivity contribution in [1.29, 1.82) is 0 Å². The van der Waals surface area contributed by atoms with Crippen molar-refractivity contribution in [2.24, 2.45) is 11.7 Å². The van der Waals surface area contributed by atoms with Crippen LogP contribution < -0.4 is 11.1 Å².